The Balaban J connectivity index is 2.50. The number of hydrogen-bond donors (Lipinski definition) is 1. The van der Waals surface area contributed by atoms with Crippen LogP contribution in [0, 0.1) is 0 Å². The predicted molar refractivity (Wildman–Crippen MR) is 76.1 cm³/mol. The molecule has 96 valence electrons. The molecule has 0 aliphatic heterocycles. The third-order valence-electron chi connectivity index (χ3n) is 2.64. The van der Waals surface area contributed by atoms with E-state index in [-0.39, 0.29) is 0 Å². The average molecular weight is 350 g/mol. The van der Waals surface area contributed by atoms with Gasteiger partial charge in [0.05, 0.1) is 16.9 Å². The SMILES string of the molecule is CCn1ncc(Cl)c1C(O)c1cc(Cl)ccc1Br. The van der Waals surface area contributed by atoms with E-state index in [0.29, 0.717) is 27.8 Å². The highest BCUT2D eigenvalue weighted by molar-refractivity contribution is 9.10. The Morgan fingerprint density at radius 2 is 2.17 bits per heavy atom. The van der Waals surface area contributed by atoms with Crippen molar-refractivity contribution in [2.24, 2.45) is 0 Å². The van der Waals surface area contributed by atoms with E-state index < -0.39 is 6.10 Å². The second-order valence-electron chi connectivity index (χ2n) is 3.76. The van der Waals surface area contributed by atoms with Crippen molar-refractivity contribution in [2.45, 2.75) is 19.6 Å². The molecule has 1 heterocycles. The first-order valence-electron chi connectivity index (χ1n) is 5.38. The molecule has 2 aromatic rings. The van der Waals surface area contributed by atoms with Gasteiger partial charge >= 0.3 is 0 Å². The third-order valence-corrected chi connectivity index (χ3v) is 3.89. The lowest BCUT2D eigenvalue weighted by Crippen LogP contribution is -2.10. The fraction of sp³-hybridized carbons (Fsp3) is 0.250. The Morgan fingerprint density at radius 1 is 1.44 bits per heavy atom. The molecule has 1 unspecified atom stereocenters. The van der Waals surface area contributed by atoms with Crippen LogP contribution in [0.5, 0.6) is 0 Å². The first-order valence-corrected chi connectivity index (χ1v) is 6.93. The van der Waals surface area contributed by atoms with Gasteiger partial charge in [-0.1, -0.05) is 39.1 Å². The van der Waals surface area contributed by atoms with E-state index in [4.69, 9.17) is 23.2 Å². The van der Waals surface area contributed by atoms with Crippen molar-refractivity contribution in [2.75, 3.05) is 0 Å². The summed E-state index contributed by atoms with van der Waals surface area (Å²) in [5.41, 5.74) is 1.24. The molecule has 0 spiro atoms. The van der Waals surface area contributed by atoms with Crippen molar-refractivity contribution >= 4 is 39.1 Å². The molecule has 6 heteroatoms. The molecule has 1 atom stereocenters. The monoisotopic (exact) mass is 348 g/mol. The fourth-order valence-electron chi connectivity index (χ4n) is 1.77. The van der Waals surface area contributed by atoms with Crippen LogP contribution in [0.3, 0.4) is 0 Å². The van der Waals surface area contributed by atoms with Gasteiger partial charge in [-0.2, -0.15) is 5.10 Å². The predicted octanol–water partition coefficient (Wildman–Crippen LogP) is 4.05. The molecule has 0 aliphatic carbocycles. The summed E-state index contributed by atoms with van der Waals surface area (Å²) in [5, 5.41) is 15.6. The molecule has 0 aliphatic rings. The van der Waals surface area contributed by atoms with Crippen molar-refractivity contribution in [1.29, 1.82) is 0 Å². The summed E-state index contributed by atoms with van der Waals surface area (Å²) in [5.74, 6) is 0. The summed E-state index contributed by atoms with van der Waals surface area (Å²) >= 11 is 15.4. The van der Waals surface area contributed by atoms with Gasteiger partial charge in [0.15, 0.2) is 0 Å². The Morgan fingerprint density at radius 3 is 2.83 bits per heavy atom. The minimum absolute atomic E-state index is 0.441. The minimum Gasteiger partial charge on any atom is -0.382 e. The number of aliphatic hydroxyl groups excluding tert-OH is 1. The lowest BCUT2D eigenvalue weighted by molar-refractivity contribution is 0.207. The number of hydrogen-bond acceptors (Lipinski definition) is 2. The summed E-state index contributed by atoms with van der Waals surface area (Å²) in [6.45, 7) is 2.57. The van der Waals surface area contributed by atoms with Gasteiger partial charge in [-0.15, -0.1) is 0 Å². The maximum absolute atomic E-state index is 10.4. The van der Waals surface area contributed by atoms with Gasteiger partial charge in [0, 0.05) is 21.6 Å². The highest BCUT2D eigenvalue weighted by Gasteiger charge is 2.21. The number of rotatable bonds is 3. The molecule has 3 nitrogen and oxygen atoms in total. The molecule has 2 rings (SSSR count). The molecule has 0 bridgehead atoms. The molecule has 1 aromatic heterocycles. The minimum atomic E-state index is -0.868. The van der Waals surface area contributed by atoms with E-state index in [9.17, 15) is 5.11 Å². The second-order valence-corrected chi connectivity index (χ2v) is 5.46. The van der Waals surface area contributed by atoms with E-state index in [1.54, 1.807) is 22.9 Å². The Hall–Kier alpha value is -0.550. The summed E-state index contributed by atoms with van der Waals surface area (Å²) in [7, 11) is 0. The van der Waals surface area contributed by atoms with Gasteiger partial charge < -0.3 is 5.11 Å². The van der Waals surface area contributed by atoms with Crippen molar-refractivity contribution in [3.05, 3.63) is 50.2 Å². The summed E-state index contributed by atoms with van der Waals surface area (Å²) < 4.78 is 2.44. The largest absolute Gasteiger partial charge is 0.382 e. The molecule has 0 saturated carbocycles. The topological polar surface area (TPSA) is 38.0 Å². The number of aliphatic hydroxyl groups is 1. The number of aromatic nitrogens is 2. The molecule has 18 heavy (non-hydrogen) atoms. The van der Waals surface area contributed by atoms with Crippen molar-refractivity contribution in [1.82, 2.24) is 9.78 Å². The lowest BCUT2D eigenvalue weighted by atomic mass is 10.1. The van der Waals surface area contributed by atoms with E-state index in [1.807, 2.05) is 6.92 Å². The maximum Gasteiger partial charge on any atom is 0.123 e. The van der Waals surface area contributed by atoms with Crippen molar-refractivity contribution < 1.29 is 5.11 Å². The molecule has 1 aromatic carbocycles. The zero-order chi connectivity index (χ0) is 13.3. The van der Waals surface area contributed by atoms with Crippen molar-refractivity contribution in [3.8, 4) is 0 Å². The normalized spacial score (nSPS) is 12.7. The van der Waals surface area contributed by atoms with Gasteiger partial charge in [0.2, 0.25) is 0 Å². The van der Waals surface area contributed by atoms with Crippen LogP contribution >= 0.6 is 39.1 Å². The summed E-state index contributed by atoms with van der Waals surface area (Å²) in [6, 6.07) is 5.25. The zero-order valence-electron chi connectivity index (χ0n) is 9.57. The Labute approximate surface area is 123 Å². The Kier molecular flexibility index (Phi) is 4.33. The molecule has 0 saturated heterocycles. The lowest BCUT2D eigenvalue weighted by Gasteiger charge is -2.15. The van der Waals surface area contributed by atoms with Crippen molar-refractivity contribution in [3.63, 3.8) is 0 Å². The van der Waals surface area contributed by atoms with E-state index in [0.717, 1.165) is 4.47 Å². The van der Waals surface area contributed by atoms with Gasteiger partial charge in [-0.05, 0) is 25.1 Å². The molecule has 1 N–H and O–H groups in total. The van der Waals surface area contributed by atoms with Crippen LogP contribution < -0.4 is 0 Å². The van der Waals surface area contributed by atoms with Crippen LogP contribution in [-0.4, -0.2) is 14.9 Å². The van der Waals surface area contributed by atoms with Crippen LogP contribution in [0.2, 0.25) is 10.0 Å². The standard InChI is InChI=1S/C12H11BrCl2N2O/c1-2-17-11(10(15)6-16-17)12(18)8-5-7(14)3-4-9(8)13/h3-6,12,18H,2H2,1H3. The highest BCUT2D eigenvalue weighted by Crippen LogP contribution is 2.33. The van der Waals surface area contributed by atoms with Gasteiger partial charge in [-0.25, -0.2) is 0 Å². The zero-order valence-corrected chi connectivity index (χ0v) is 12.7. The quantitative estimate of drug-likeness (QED) is 0.907. The van der Waals surface area contributed by atoms with Crippen LogP contribution in [0.15, 0.2) is 28.9 Å². The van der Waals surface area contributed by atoms with E-state index in [1.165, 1.54) is 6.20 Å². The molecule has 0 amide bonds. The Bertz CT molecular complexity index is 571. The van der Waals surface area contributed by atoms with Gasteiger partial charge in [0.1, 0.15) is 6.10 Å². The first-order chi connectivity index (χ1) is 8.54. The molecular formula is C12H11BrCl2N2O. The second kappa shape index (κ2) is 5.61. The van der Waals surface area contributed by atoms with Crippen LogP contribution in [-0.2, 0) is 6.54 Å². The maximum atomic E-state index is 10.4. The number of aryl methyl sites for hydroxylation is 1. The van der Waals surface area contributed by atoms with E-state index in [2.05, 4.69) is 21.0 Å². The fourth-order valence-corrected chi connectivity index (χ4v) is 2.66. The molecule has 0 radical (unpaired) electrons. The highest BCUT2D eigenvalue weighted by atomic mass is 79.9. The van der Waals surface area contributed by atoms with Gasteiger partial charge in [-0.3, -0.25) is 4.68 Å². The molecule has 0 fully saturated rings. The van der Waals surface area contributed by atoms with Gasteiger partial charge in [0.25, 0.3) is 0 Å². The number of halogens is 3. The smallest absolute Gasteiger partial charge is 0.123 e. The third kappa shape index (κ3) is 2.57. The number of benzene rings is 1. The summed E-state index contributed by atoms with van der Waals surface area (Å²) in [6.07, 6.45) is 0.662. The van der Waals surface area contributed by atoms with Crippen LogP contribution in [0.25, 0.3) is 0 Å². The number of nitrogens with zero attached hydrogens (tertiary/aromatic N) is 2. The average Bonchev–Trinajstić information content (AvgIpc) is 2.72. The van der Waals surface area contributed by atoms with Crippen LogP contribution in [0.1, 0.15) is 24.3 Å². The first kappa shape index (κ1) is 13.9. The summed E-state index contributed by atoms with van der Waals surface area (Å²) in [4.78, 5) is 0. The van der Waals surface area contributed by atoms with Crippen LogP contribution in [0.4, 0.5) is 0 Å². The molecular weight excluding hydrogens is 339 g/mol. The van der Waals surface area contributed by atoms with E-state index >= 15 is 0 Å².